The van der Waals surface area contributed by atoms with Crippen LogP contribution in [0.1, 0.15) is 136 Å². The van der Waals surface area contributed by atoms with Gasteiger partial charge in [0, 0.05) is 43.5 Å². The summed E-state index contributed by atoms with van der Waals surface area (Å²) in [4.78, 5) is 10.5. The van der Waals surface area contributed by atoms with Crippen molar-refractivity contribution in [3.63, 3.8) is 0 Å². The number of benzene rings is 2. The summed E-state index contributed by atoms with van der Waals surface area (Å²) in [5, 5.41) is 9.90. The van der Waals surface area contributed by atoms with Gasteiger partial charge < -0.3 is 9.80 Å². The van der Waals surface area contributed by atoms with Gasteiger partial charge in [-0.05, 0) is 95.4 Å². The summed E-state index contributed by atoms with van der Waals surface area (Å²) in [5.74, 6) is 3.29. The average Bonchev–Trinajstić information content (AvgIpc) is 3.69. The molecular formula is C38H50N4. The van der Waals surface area contributed by atoms with Crippen LogP contribution in [0.15, 0.2) is 48.5 Å². The third-order valence-corrected chi connectivity index (χ3v) is 9.54. The van der Waals surface area contributed by atoms with Crippen molar-refractivity contribution in [1.82, 2.24) is 4.98 Å². The Morgan fingerprint density at radius 1 is 0.810 bits per heavy atom. The average molecular weight is 563 g/mol. The van der Waals surface area contributed by atoms with Gasteiger partial charge in [0.25, 0.3) is 0 Å². The second kappa shape index (κ2) is 12.9. The van der Waals surface area contributed by atoms with Crippen molar-refractivity contribution in [2.75, 3.05) is 36.0 Å². The molecule has 0 aliphatic carbocycles. The maximum atomic E-state index is 9.90. The van der Waals surface area contributed by atoms with Gasteiger partial charge in [0.15, 0.2) is 0 Å². The van der Waals surface area contributed by atoms with Crippen LogP contribution in [0.25, 0.3) is 0 Å². The summed E-state index contributed by atoms with van der Waals surface area (Å²) < 4.78 is 0. The van der Waals surface area contributed by atoms with Crippen molar-refractivity contribution >= 4 is 11.5 Å². The Hall–Kier alpha value is -3.32. The van der Waals surface area contributed by atoms with E-state index in [1.54, 1.807) is 0 Å². The Bertz CT molecular complexity index is 1420. The lowest BCUT2D eigenvalue weighted by atomic mass is 9.83. The van der Waals surface area contributed by atoms with E-state index in [4.69, 9.17) is 4.98 Å². The first-order chi connectivity index (χ1) is 20.2. The Morgan fingerprint density at radius 2 is 1.50 bits per heavy atom. The largest absolute Gasteiger partial charge is 0.371 e. The van der Waals surface area contributed by atoms with Crippen molar-refractivity contribution in [3.05, 3.63) is 87.6 Å². The molecule has 2 fully saturated rings. The molecule has 42 heavy (non-hydrogen) atoms. The predicted octanol–water partition coefficient (Wildman–Crippen LogP) is 9.26. The first-order valence-electron chi connectivity index (χ1n) is 16.3. The number of hydrogen-bond donors (Lipinski definition) is 0. The van der Waals surface area contributed by atoms with Gasteiger partial charge in [0.2, 0.25) is 0 Å². The van der Waals surface area contributed by atoms with Crippen LogP contribution in [0.4, 0.5) is 11.5 Å². The monoisotopic (exact) mass is 562 g/mol. The summed E-state index contributed by atoms with van der Waals surface area (Å²) in [6, 6.07) is 20.5. The number of hydrogen-bond acceptors (Lipinski definition) is 4. The van der Waals surface area contributed by atoms with Crippen LogP contribution in [0.3, 0.4) is 0 Å². The molecule has 3 heterocycles. The molecular weight excluding hydrogens is 512 g/mol. The minimum absolute atomic E-state index is 0.273. The molecule has 0 amide bonds. The molecule has 1 aromatic heterocycles. The van der Waals surface area contributed by atoms with E-state index in [0.717, 1.165) is 44.6 Å². The predicted molar refractivity (Wildman–Crippen MR) is 177 cm³/mol. The lowest BCUT2D eigenvalue weighted by molar-refractivity contribution is 0.722. The molecule has 0 saturated carbocycles. The van der Waals surface area contributed by atoms with E-state index < -0.39 is 0 Å². The van der Waals surface area contributed by atoms with Crippen molar-refractivity contribution < 1.29 is 0 Å². The van der Waals surface area contributed by atoms with Crippen molar-refractivity contribution in [3.8, 4) is 6.07 Å². The fourth-order valence-electron chi connectivity index (χ4n) is 7.22. The highest BCUT2D eigenvalue weighted by atomic mass is 15.2. The number of rotatable bonds is 9. The minimum atomic E-state index is 0.273. The highest BCUT2D eigenvalue weighted by Gasteiger charge is 2.29. The molecule has 2 aliphatic heterocycles. The van der Waals surface area contributed by atoms with Gasteiger partial charge >= 0.3 is 0 Å². The van der Waals surface area contributed by atoms with Gasteiger partial charge in [0.1, 0.15) is 5.82 Å². The van der Waals surface area contributed by atoms with Gasteiger partial charge in [-0.15, -0.1) is 0 Å². The number of anilines is 2. The molecule has 222 valence electrons. The fraction of sp³-hybridized carbons (Fsp3) is 0.526. The summed E-state index contributed by atoms with van der Waals surface area (Å²) in [5.41, 5.74) is 10.1. The van der Waals surface area contributed by atoms with Crippen LogP contribution in [0.5, 0.6) is 0 Å². The van der Waals surface area contributed by atoms with Gasteiger partial charge in [-0.1, -0.05) is 78.8 Å². The number of nitriles is 1. The van der Waals surface area contributed by atoms with Crippen LogP contribution >= 0.6 is 0 Å². The molecule has 3 aromatic rings. The summed E-state index contributed by atoms with van der Waals surface area (Å²) >= 11 is 0. The lowest BCUT2D eigenvalue weighted by Gasteiger charge is -2.26. The van der Waals surface area contributed by atoms with E-state index in [1.165, 1.54) is 57.9 Å². The summed E-state index contributed by atoms with van der Waals surface area (Å²) in [6.07, 6.45) is 4.61. The van der Waals surface area contributed by atoms with Crippen LogP contribution in [-0.2, 0) is 6.42 Å². The SMILES string of the molecule is CC(C)c1ccc(CC(C)c2c(C#N)cccc2C(C)C)cc1N1CCC(c2ccc(C(C)C)c(N3CCCC3)n2)C1. The third-order valence-electron chi connectivity index (χ3n) is 9.54. The van der Waals surface area contributed by atoms with E-state index in [9.17, 15) is 5.26 Å². The zero-order valence-electron chi connectivity index (χ0n) is 27.0. The standard InChI is InChI=1S/C38H50N4/c1-25(2)32-14-13-29(21-28(7)37-30(23-39)11-10-12-33(37)26(3)4)22-36(32)42-20-17-31(24-42)35-16-15-34(27(5)6)38(40-35)41-18-8-9-19-41/h10-16,22,25-28,31H,8-9,17-21,24H2,1-7H3. The molecule has 2 saturated heterocycles. The van der Waals surface area contributed by atoms with Crippen LogP contribution in [-0.4, -0.2) is 31.2 Å². The molecule has 5 rings (SSSR count). The van der Waals surface area contributed by atoms with Crippen LogP contribution in [0, 0.1) is 11.3 Å². The summed E-state index contributed by atoms with van der Waals surface area (Å²) in [7, 11) is 0. The molecule has 4 nitrogen and oxygen atoms in total. The third kappa shape index (κ3) is 6.22. The van der Waals surface area contributed by atoms with E-state index in [0.29, 0.717) is 23.7 Å². The number of nitrogens with zero attached hydrogens (tertiary/aromatic N) is 4. The molecule has 2 unspecified atom stereocenters. The fourth-order valence-corrected chi connectivity index (χ4v) is 7.22. The summed E-state index contributed by atoms with van der Waals surface area (Å²) in [6.45, 7) is 20.3. The maximum absolute atomic E-state index is 9.90. The Kier molecular flexibility index (Phi) is 9.26. The van der Waals surface area contributed by atoms with Crippen molar-refractivity contribution in [2.24, 2.45) is 0 Å². The van der Waals surface area contributed by atoms with Crippen LogP contribution in [0.2, 0.25) is 0 Å². The van der Waals surface area contributed by atoms with Gasteiger partial charge in [-0.3, -0.25) is 0 Å². The second-order valence-corrected chi connectivity index (χ2v) is 13.7. The zero-order valence-corrected chi connectivity index (χ0v) is 27.0. The highest BCUT2D eigenvalue weighted by Crippen LogP contribution is 2.38. The molecule has 4 heteroatoms. The normalized spacial score (nSPS) is 18.0. The number of pyridine rings is 1. The molecule has 2 atom stereocenters. The van der Waals surface area contributed by atoms with Gasteiger partial charge in [-0.25, -0.2) is 4.98 Å². The molecule has 0 radical (unpaired) electrons. The molecule has 2 aliphatic rings. The zero-order chi connectivity index (χ0) is 30.0. The van der Waals surface area contributed by atoms with Crippen molar-refractivity contribution in [2.45, 2.75) is 104 Å². The molecule has 2 aromatic carbocycles. The smallest absolute Gasteiger partial charge is 0.132 e. The number of aromatic nitrogens is 1. The van der Waals surface area contributed by atoms with Gasteiger partial charge in [0.05, 0.1) is 11.6 Å². The topological polar surface area (TPSA) is 43.2 Å². The van der Waals surface area contributed by atoms with Crippen molar-refractivity contribution in [1.29, 1.82) is 5.26 Å². The maximum Gasteiger partial charge on any atom is 0.132 e. The molecule has 0 N–H and O–H groups in total. The Balaban J connectivity index is 1.40. The second-order valence-electron chi connectivity index (χ2n) is 13.7. The Labute approximate surface area is 254 Å². The first-order valence-corrected chi connectivity index (χ1v) is 16.3. The van der Waals surface area contributed by atoms with Crippen LogP contribution < -0.4 is 9.80 Å². The lowest BCUT2D eigenvalue weighted by Crippen LogP contribution is -2.23. The van der Waals surface area contributed by atoms with E-state index in [1.807, 2.05) is 12.1 Å². The van der Waals surface area contributed by atoms with Gasteiger partial charge in [-0.2, -0.15) is 5.26 Å². The van der Waals surface area contributed by atoms with E-state index in [2.05, 4.69) is 101 Å². The highest BCUT2D eigenvalue weighted by molar-refractivity contribution is 5.59. The molecule has 0 bridgehead atoms. The first kappa shape index (κ1) is 30.1. The quantitative estimate of drug-likeness (QED) is 0.261. The van der Waals surface area contributed by atoms with E-state index >= 15 is 0 Å². The molecule has 0 spiro atoms. The minimum Gasteiger partial charge on any atom is -0.371 e. The Morgan fingerprint density at radius 3 is 2.17 bits per heavy atom. The van der Waals surface area contributed by atoms with E-state index in [-0.39, 0.29) is 5.92 Å².